The summed E-state index contributed by atoms with van der Waals surface area (Å²) in [4.78, 5) is 0. The van der Waals surface area contributed by atoms with Crippen molar-refractivity contribution in [3.8, 4) is 0 Å². The second-order valence-corrected chi connectivity index (χ2v) is 4.52. The van der Waals surface area contributed by atoms with Gasteiger partial charge in [-0.15, -0.1) is 0 Å². The van der Waals surface area contributed by atoms with Gasteiger partial charge in [0, 0.05) is 0 Å². The summed E-state index contributed by atoms with van der Waals surface area (Å²) in [6.45, 7) is 11.2. The minimum absolute atomic E-state index is 0.906. The molecule has 0 radical (unpaired) electrons. The summed E-state index contributed by atoms with van der Waals surface area (Å²) in [6, 6.07) is 0. The fraction of sp³-hybridized carbons (Fsp3) is 1.00. The van der Waals surface area contributed by atoms with E-state index in [9.17, 15) is 0 Å². The van der Waals surface area contributed by atoms with Gasteiger partial charge in [0.15, 0.2) is 0 Å². The van der Waals surface area contributed by atoms with Crippen molar-refractivity contribution in [2.24, 2.45) is 17.8 Å². The fourth-order valence-corrected chi connectivity index (χ4v) is 2.51. The Morgan fingerprint density at radius 3 is 2.00 bits per heavy atom. The Kier molecular flexibility index (Phi) is 7.41. The average molecular weight is 184 g/mol. The first-order chi connectivity index (χ1) is 6.22. The molecule has 80 valence electrons. The van der Waals surface area contributed by atoms with E-state index in [4.69, 9.17) is 0 Å². The Hall–Kier alpha value is 0. The van der Waals surface area contributed by atoms with Crippen LogP contribution in [0.15, 0.2) is 0 Å². The summed E-state index contributed by atoms with van der Waals surface area (Å²) >= 11 is 0. The standard InChI is InChI=1S/C11H22.C2H6/c1-9(2)11-8-6-4-5-7-10(11)3;1-2/h9-11H,4-8H2,1-3H3;1-2H3. The second kappa shape index (κ2) is 7.41. The molecule has 1 saturated carbocycles. The van der Waals surface area contributed by atoms with Gasteiger partial charge in [0.05, 0.1) is 0 Å². The van der Waals surface area contributed by atoms with Crippen molar-refractivity contribution in [1.82, 2.24) is 0 Å². The van der Waals surface area contributed by atoms with Crippen LogP contribution in [0.3, 0.4) is 0 Å². The van der Waals surface area contributed by atoms with Gasteiger partial charge >= 0.3 is 0 Å². The predicted molar refractivity (Wildman–Crippen MR) is 61.9 cm³/mol. The third-order valence-corrected chi connectivity index (χ3v) is 3.28. The molecule has 2 unspecified atom stereocenters. The third-order valence-electron chi connectivity index (χ3n) is 3.28. The van der Waals surface area contributed by atoms with Crippen molar-refractivity contribution in [2.75, 3.05) is 0 Å². The molecule has 0 aromatic rings. The molecule has 0 heterocycles. The molecule has 0 nitrogen and oxygen atoms in total. The highest BCUT2D eigenvalue weighted by molar-refractivity contribution is 4.72. The summed E-state index contributed by atoms with van der Waals surface area (Å²) in [5, 5.41) is 0. The zero-order valence-corrected chi connectivity index (χ0v) is 10.3. The van der Waals surface area contributed by atoms with Crippen LogP contribution in [0, 0.1) is 17.8 Å². The molecule has 0 amide bonds. The van der Waals surface area contributed by atoms with Gasteiger partial charge in [-0.3, -0.25) is 0 Å². The largest absolute Gasteiger partial charge is 0.0683 e. The predicted octanol–water partition coefficient (Wildman–Crippen LogP) is 4.89. The maximum atomic E-state index is 2.44. The molecule has 0 aromatic heterocycles. The van der Waals surface area contributed by atoms with E-state index in [0.29, 0.717) is 0 Å². The molecule has 0 saturated heterocycles. The summed E-state index contributed by atoms with van der Waals surface area (Å²) < 4.78 is 0. The van der Waals surface area contributed by atoms with Crippen LogP contribution in [0.4, 0.5) is 0 Å². The van der Waals surface area contributed by atoms with Crippen molar-refractivity contribution in [3.05, 3.63) is 0 Å². The lowest BCUT2D eigenvalue weighted by molar-refractivity contribution is 0.255. The first-order valence-corrected chi connectivity index (χ1v) is 6.22. The smallest absolute Gasteiger partial charge is 0.0365 e. The average Bonchev–Trinajstić information content (AvgIpc) is 2.33. The lowest BCUT2D eigenvalue weighted by Crippen LogP contribution is -2.16. The van der Waals surface area contributed by atoms with E-state index >= 15 is 0 Å². The zero-order chi connectivity index (χ0) is 10.3. The molecule has 0 aliphatic heterocycles. The van der Waals surface area contributed by atoms with Crippen LogP contribution in [0.25, 0.3) is 0 Å². The van der Waals surface area contributed by atoms with E-state index in [-0.39, 0.29) is 0 Å². The van der Waals surface area contributed by atoms with Gasteiger partial charge in [0.2, 0.25) is 0 Å². The van der Waals surface area contributed by atoms with Crippen LogP contribution in [-0.4, -0.2) is 0 Å². The Morgan fingerprint density at radius 2 is 1.46 bits per heavy atom. The SMILES string of the molecule is CC.CC(C)C1CCCCCC1C. The number of hydrogen-bond donors (Lipinski definition) is 0. The van der Waals surface area contributed by atoms with Gasteiger partial charge in [-0.1, -0.05) is 60.3 Å². The van der Waals surface area contributed by atoms with E-state index in [1.807, 2.05) is 13.8 Å². The molecule has 1 aliphatic rings. The monoisotopic (exact) mass is 184 g/mol. The first kappa shape index (κ1) is 13.0. The van der Waals surface area contributed by atoms with Crippen LogP contribution < -0.4 is 0 Å². The summed E-state index contributed by atoms with van der Waals surface area (Å²) in [5.41, 5.74) is 0. The molecule has 0 N–H and O–H groups in total. The Morgan fingerprint density at radius 1 is 0.923 bits per heavy atom. The highest BCUT2D eigenvalue weighted by atomic mass is 14.3. The fourth-order valence-electron chi connectivity index (χ4n) is 2.51. The molecule has 13 heavy (non-hydrogen) atoms. The molecule has 2 atom stereocenters. The molecular weight excluding hydrogens is 156 g/mol. The topological polar surface area (TPSA) is 0 Å². The van der Waals surface area contributed by atoms with E-state index in [0.717, 1.165) is 17.8 Å². The zero-order valence-electron chi connectivity index (χ0n) is 10.3. The highest BCUT2D eigenvalue weighted by Crippen LogP contribution is 2.33. The Bertz CT molecular complexity index is 105. The summed E-state index contributed by atoms with van der Waals surface area (Å²) in [7, 11) is 0. The van der Waals surface area contributed by atoms with Gasteiger partial charge in [-0.25, -0.2) is 0 Å². The molecule has 0 spiro atoms. The molecule has 0 heteroatoms. The van der Waals surface area contributed by atoms with Crippen molar-refractivity contribution in [2.45, 2.75) is 66.7 Å². The van der Waals surface area contributed by atoms with E-state index in [1.165, 1.54) is 32.1 Å². The lowest BCUT2D eigenvalue weighted by Gasteiger charge is -2.24. The maximum absolute atomic E-state index is 2.44. The minimum Gasteiger partial charge on any atom is -0.0683 e. The maximum Gasteiger partial charge on any atom is -0.0365 e. The van der Waals surface area contributed by atoms with Gasteiger partial charge < -0.3 is 0 Å². The molecule has 1 aliphatic carbocycles. The second-order valence-electron chi connectivity index (χ2n) is 4.52. The summed E-state index contributed by atoms with van der Waals surface area (Å²) in [6.07, 6.45) is 7.40. The van der Waals surface area contributed by atoms with Crippen molar-refractivity contribution in [3.63, 3.8) is 0 Å². The van der Waals surface area contributed by atoms with Crippen LogP contribution in [-0.2, 0) is 0 Å². The molecule has 0 bridgehead atoms. The molecule has 1 fully saturated rings. The quantitative estimate of drug-likeness (QED) is 0.509. The molecule has 1 rings (SSSR count). The minimum atomic E-state index is 0.906. The highest BCUT2D eigenvalue weighted by Gasteiger charge is 2.21. The van der Waals surface area contributed by atoms with E-state index < -0.39 is 0 Å². The van der Waals surface area contributed by atoms with Gasteiger partial charge in [-0.2, -0.15) is 0 Å². The van der Waals surface area contributed by atoms with Gasteiger partial charge in [0.25, 0.3) is 0 Å². The van der Waals surface area contributed by atoms with Crippen molar-refractivity contribution in [1.29, 1.82) is 0 Å². The number of rotatable bonds is 1. The van der Waals surface area contributed by atoms with Crippen LogP contribution >= 0.6 is 0 Å². The van der Waals surface area contributed by atoms with Gasteiger partial charge in [0.1, 0.15) is 0 Å². The Balaban J connectivity index is 0.000000671. The van der Waals surface area contributed by atoms with E-state index in [2.05, 4.69) is 20.8 Å². The normalized spacial score (nSPS) is 29.1. The van der Waals surface area contributed by atoms with Crippen LogP contribution in [0.5, 0.6) is 0 Å². The number of hydrogen-bond acceptors (Lipinski definition) is 0. The van der Waals surface area contributed by atoms with E-state index in [1.54, 1.807) is 0 Å². The van der Waals surface area contributed by atoms with Gasteiger partial charge in [-0.05, 0) is 24.2 Å². The molecule has 0 aromatic carbocycles. The first-order valence-electron chi connectivity index (χ1n) is 6.22. The van der Waals surface area contributed by atoms with Crippen LogP contribution in [0.1, 0.15) is 66.7 Å². The van der Waals surface area contributed by atoms with Crippen molar-refractivity contribution >= 4 is 0 Å². The molecular formula is C13H28. The van der Waals surface area contributed by atoms with Crippen LogP contribution in [0.2, 0.25) is 0 Å². The van der Waals surface area contributed by atoms with Crippen molar-refractivity contribution < 1.29 is 0 Å². The third kappa shape index (κ3) is 4.69. The Labute approximate surface area is 85.1 Å². The lowest BCUT2D eigenvalue weighted by atomic mass is 9.81. The summed E-state index contributed by atoms with van der Waals surface area (Å²) in [5.74, 6) is 2.90.